The van der Waals surface area contributed by atoms with Crippen molar-refractivity contribution in [1.82, 2.24) is 10.6 Å². The van der Waals surface area contributed by atoms with Crippen molar-refractivity contribution in [3.8, 4) is 0 Å². The minimum absolute atomic E-state index is 0.0500. The van der Waals surface area contributed by atoms with Crippen LogP contribution in [0.15, 0.2) is 24.3 Å². The molecule has 0 atom stereocenters. The lowest BCUT2D eigenvalue weighted by Crippen LogP contribution is -2.36. The molecule has 0 bridgehead atoms. The normalized spacial score (nSPS) is 10.2. The number of nitrogens with one attached hydrogen (secondary N) is 2. The molecule has 0 unspecified atom stereocenters. The molecule has 0 aliphatic carbocycles. The smallest absolute Gasteiger partial charge is 0.251 e. The van der Waals surface area contributed by atoms with Crippen LogP contribution in [0.2, 0.25) is 0 Å². The molecule has 0 aliphatic heterocycles. The Morgan fingerprint density at radius 1 is 1.11 bits per heavy atom. The van der Waals surface area contributed by atoms with Crippen LogP contribution in [0.4, 0.5) is 4.39 Å². The number of benzene rings is 1. The van der Waals surface area contributed by atoms with Gasteiger partial charge in [0, 0.05) is 24.6 Å². The van der Waals surface area contributed by atoms with Gasteiger partial charge >= 0.3 is 0 Å². The second kappa shape index (κ2) is 6.74. The first-order valence-corrected chi connectivity index (χ1v) is 5.82. The number of halogens is 1. The van der Waals surface area contributed by atoms with Gasteiger partial charge in [0.2, 0.25) is 5.91 Å². The zero-order chi connectivity index (χ0) is 13.5. The number of carbonyl (C=O) groups excluding carboxylic acids is 2. The van der Waals surface area contributed by atoms with Crippen LogP contribution in [-0.2, 0) is 4.79 Å². The Balaban J connectivity index is 2.29. The van der Waals surface area contributed by atoms with Gasteiger partial charge in [-0.1, -0.05) is 13.8 Å². The van der Waals surface area contributed by atoms with Crippen molar-refractivity contribution in [3.63, 3.8) is 0 Å². The van der Waals surface area contributed by atoms with E-state index in [0.717, 1.165) is 0 Å². The maximum atomic E-state index is 12.6. The Bertz CT molecular complexity index is 416. The van der Waals surface area contributed by atoms with E-state index in [4.69, 9.17) is 0 Å². The van der Waals surface area contributed by atoms with Crippen LogP contribution in [0.1, 0.15) is 24.2 Å². The number of amides is 2. The lowest BCUT2D eigenvalue weighted by Gasteiger charge is -2.08. The molecule has 0 aliphatic rings. The maximum absolute atomic E-state index is 12.6. The summed E-state index contributed by atoms with van der Waals surface area (Å²) in [5.41, 5.74) is 0.395. The predicted molar refractivity (Wildman–Crippen MR) is 66.6 cm³/mol. The molecule has 0 heterocycles. The molecule has 18 heavy (non-hydrogen) atoms. The number of rotatable bonds is 5. The van der Waals surface area contributed by atoms with Gasteiger partial charge in [-0.15, -0.1) is 0 Å². The molecular formula is C13H17FN2O2. The summed E-state index contributed by atoms with van der Waals surface area (Å²) in [6.45, 7) is 4.32. The van der Waals surface area contributed by atoms with Crippen molar-refractivity contribution < 1.29 is 14.0 Å². The Hall–Kier alpha value is -1.91. The molecule has 5 heteroatoms. The monoisotopic (exact) mass is 252 g/mol. The van der Waals surface area contributed by atoms with E-state index < -0.39 is 0 Å². The van der Waals surface area contributed by atoms with Gasteiger partial charge in [-0.3, -0.25) is 9.59 Å². The lowest BCUT2D eigenvalue weighted by molar-refractivity contribution is -0.123. The SMILES string of the molecule is CC(C)C(=O)NCCNC(=O)c1ccc(F)cc1. The fourth-order valence-corrected chi connectivity index (χ4v) is 1.27. The molecular weight excluding hydrogens is 235 g/mol. The van der Waals surface area contributed by atoms with Crippen molar-refractivity contribution >= 4 is 11.8 Å². The van der Waals surface area contributed by atoms with Gasteiger partial charge in [0.05, 0.1) is 0 Å². The molecule has 0 fully saturated rings. The van der Waals surface area contributed by atoms with Gasteiger partial charge in [0.15, 0.2) is 0 Å². The van der Waals surface area contributed by atoms with Crippen LogP contribution in [0, 0.1) is 11.7 Å². The summed E-state index contributed by atoms with van der Waals surface area (Å²) in [6.07, 6.45) is 0. The van der Waals surface area contributed by atoms with Crippen LogP contribution in [0.3, 0.4) is 0 Å². The van der Waals surface area contributed by atoms with Crippen LogP contribution < -0.4 is 10.6 Å². The lowest BCUT2D eigenvalue weighted by atomic mass is 10.2. The summed E-state index contributed by atoms with van der Waals surface area (Å²) in [5.74, 6) is -0.784. The van der Waals surface area contributed by atoms with Crippen LogP contribution >= 0.6 is 0 Å². The molecule has 0 saturated heterocycles. The van der Waals surface area contributed by atoms with E-state index in [1.54, 1.807) is 13.8 Å². The first-order valence-electron chi connectivity index (χ1n) is 5.82. The highest BCUT2D eigenvalue weighted by atomic mass is 19.1. The minimum atomic E-state index is -0.379. The van der Waals surface area contributed by atoms with Crippen LogP contribution in [-0.4, -0.2) is 24.9 Å². The van der Waals surface area contributed by atoms with Crippen molar-refractivity contribution in [1.29, 1.82) is 0 Å². The summed E-state index contributed by atoms with van der Waals surface area (Å²) >= 11 is 0. The minimum Gasteiger partial charge on any atom is -0.354 e. The average molecular weight is 252 g/mol. The zero-order valence-electron chi connectivity index (χ0n) is 10.5. The quantitative estimate of drug-likeness (QED) is 0.777. The first kappa shape index (κ1) is 14.2. The Labute approximate surface area is 106 Å². The van der Waals surface area contributed by atoms with Gasteiger partial charge in [-0.25, -0.2) is 4.39 Å². The van der Waals surface area contributed by atoms with Crippen LogP contribution in [0.5, 0.6) is 0 Å². The molecule has 1 rings (SSSR count). The van der Waals surface area contributed by atoms with Gasteiger partial charge in [-0.2, -0.15) is 0 Å². The van der Waals surface area contributed by atoms with E-state index in [1.165, 1.54) is 24.3 Å². The van der Waals surface area contributed by atoms with Crippen molar-refractivity contribution in [2.75, 3.05) is 13.1 Å². The Morgan fingerprint density at radius 2 is 1.67 bits per heavy atom. The summed E-state index contributed by atoms with van der Waals surface area (Å²) < 4.78 is 12.6. The second-order valence-electron chi connectivity index (χ2n) is 4.21. The molecule has 2 amide bonds. The largest absolute Gasteiger partial charge is 0.354 e. The third-order valence-corrected chi connectivity index (χ3v) is 2.34. The molecule has 1 aromatic rings. The summed E-state index contributed by atoms with van der Waals surface area (Å²) in [6, 6.07) is 5.29. The fraction of sp³-hybridized carbons (Fsp3) is 0.385. The molecule has 2 N–H and O–H groups in total. The molecule has 1 aromatic carbocycles. The maximum Gasteiger partial charge on any atom is 0.251 e. The van der Waals surface area contributed by atoms with Crippen molar-refractivity contribution in [3.05, 3.63) is 35.6 Å². The van der Waals surface area contributed by atoms with E-state index >= 15 is 0 Å². The van der Waals surface area contributed by atoms with E-state index in [2.05, 4.69) is 10.6 Å². The second-order valence-corrected chi connectivity index (χ2v) is 4.21. The number of carbonyl (C=O) groups is 2. The number of hydrogen-bond acceptors (Lipinski definition) is 2. The molecule has 98 valence electrons. The highest BCUT2D eigenvalue weighted by molar-refractivity contribution is 5.94. The van der Waals surface area contributed by atoms with Crippen molar-refractivity contribution in [2.45, 2.75) is 13.8 Å². The summed E-state index contributed by atoms with van der Waals surface area (Å²) in [4.78, 5) is 22.8. The van der Waals surface area contributed by atoms with Crippen LogP contribution in [0.25, 0.3) is 0 Å². The Morgan fingerprint density at radius 3 is 2.22 bits per heavy atom. The van der Waals surface area contributed by atoms with Gasteiger partial charge < -0.3 is 10.6 Å². The molecule has 4 nitrogen and oxygen atoms in total. The van der Waals surface area contributed by atoms with E-state index in [-0.39, 0.29) is 23.5 Å². The predicted octanol–water partition coefficient (Wildman–Crippen LogP) is 1.33. The number of hydrogen-bond donors (Lipinski definition) is 2. The highest BCUT2D eigenvalue weighted by Crippen LogP contribution is 2.01. The fourth-order valence-electron chi connectivity index (χ4n) is 1.27. The standard InChI is InChI=1S/C13H17FN2O2/c1-9(2)12(17)15-7-8-16-13(18)10-3-5-11(14)6-4-10/h3-6,9H,7-8H2,1-2H3,(H,15,17)(H,16,18). The first-order chi connectivity index (χ1) is 8.50. The third-order valence-electron chi connectivity index (χ3n) is 2.34. The molecule has 0 aromatic heterocycles. The van der Waals surface area contributed by atoms with Crippen molar-refractivity contribution in [2.24, 2.45) is 5.92 Å². The Kier molecular flexibility index (Phi) is 5.30. The summed E-state index contributed by atoms with van der Waals surface area (Å²) in [7, 11) is 0. The summed E-state index contributed by atoms with van der Waals surface area (Å²) in [5, 5.41) is 5.32. The zero-order valence-corrected chi connectivity index (χ0v) is 10.5. The van der Waals surface area contributed by atoms with Gasteiger partial charge in [-0.05, 0) is 24.3 Å². The molecule has 0 spiro atoms. The highest BCUT2D eigenvalue weighted by Gasteiger charge is 2.07. The average Bonchev–Trinajstić information content (AvgIpc) is 2.34. The molecule has 0 radical (unpaired) electrons. The van der Waals surface area contributed by atoms with Gasteiger partial charge in [0.25, 0.3) is 5.91 Å². The molecule has 0 saturated carbocycles. The van der Waals surface area contributed by atoms with E-state index in [0.29, 0.717) is 18.7 Å². The van der Waals surface area contributed by atoms with E-state index in [9.17, 15) is 14.0 Å². The van der Waals surface area contributed by atoms with E-state index in [1.807, 2.05) is 0 Å². The topological polar surface area (TPSA) is 58.2 Å². The third kappa shape index (κ3) is 4.53. The van der Waals surface area contributed by atoms with Gasteiger partial charge in [0.1, 0.15) is 5.82 Å².